The number of methoxy groups -OCH3 is 1. The Balaban J connectivity index is 1.62. The quantitative estimate of drug-likeness (QED) is 0.729. The van der Waals surface area contributed by atoms with Gasteiger partial charge in [-0.3, -0.25) is 0 Å². The van der Waals surface area contributed by atoms with E-state index in [1.165, 1.54) is 16.5 Å². The largest absolute Gasteiger partial charge is 0.378 e. The highest BCUT2D eigenvalue weighted by molar-refractivity contribution is 5.83. The average molecular weight is 282 g/mol. The van der Waals surface area contributed by atoms with Crippen LogP contribution in [0.3, 0.4) is 0 Å². The lowest BCUT2D eigenvalue weighted by Crippen LogP contribution is -2.07. The molecule has 108 valence electrons. The van der Waals surface area contributed by atoms with E-state index in [4.69, 9.17) is 4.74 Å². The molecular weight excluding hydrogens is 264 g/mol. The minimum atomic E-state index is 0.500. The monoisotopic (exact) mass is 282 g/mol. The maximum atomic E-state index is 5.07. The van der Waals surface area contributed by atoms with Crippen molar-refractivity contribution < 1.29 is 4.74 Å². The molecule has 0 amide bonds. The van der Waals surface area contributed by atoms with Gasteiger partial charge in [0.05, 0.1) is 12.3 Å². The maximum Gasteiger partial charge on any atom is 0.129 e. The van der Waals surface area contributed by atoms with Crippen LogP contribution in [0.25, 0.3) is 10.9 Å². The van der Waals surface area contributed by atoms with E-state index in [1.54, 1.807) is 13.4 Å². The molecule has 0 saturated heterocycles. The van der Waals surface area contributed by atoms with Crippen LogP contribution in [0.4, 0.5) is 5.82 Å². The number of benzene rings is 1. The molecule has 2 heterocycles. The number of rotatable bonds is 6. The Kier molecular flexibility index (Phi) is 4.12. The van der Waals surface area contributed by atoms with Crippen LogP contribution in [0.15, 0.2) is 42.9 Å². The molecule has 1 aromatic carbocycles. The SMILES string of the molecule is COCc1cc(NCCc2c[nH]c3ccccc23)ncn1. The van der Waals surface area contributed by atoms with Crippen molar-refractivity contribution in [1.82, 2.24) is 15.0 Å². The molecule has 0 bridgehead atoms. The molecule has 2 aromatic heterocycles. The number of hydrogen-bond acceptors (Lipinski definition) is 4. The molecule has 0 saturated carbocycles. The summed E-state index contributed by atoms with van der Waals surface area (Å²) in [6.45, 7) is 1.32. The molecule has 3 aromatic rings. The number of para-hydroxylation sites is 1. The minimum absolute atomic E-state index is 0.500. The molecule has 0 radical (unpaired) electrons. The first-order chi connectivity index (χ1) is 10.4. The van der Waals surface area contributed by atoms with Crippen LogP contribution in [0.1, 0.15) is 11.3 Å². The molecule has 0 aliphatic rings. The van der Waals surface area contributed by atoms with Crippen molar-refractivity contribution in [3.63, 3.8) is 0 Å². The number of aromatic amines is 1. The van der Waals surface area contributed by atoms with Crippen LogP contribution >= 0.6 is 0 Å². The fraction of sp³-hybridized carbons (Fsp3) is 0.250. The molecule has 3 rings (SSSR count). The Hall–Kier alpha value is -2.40. The van der Waals surface area contributed by atoms with Crippen molar-refractivity contribution in [3.8, 4) is 0 Å². The maximum absolute atomic E-state index is 5.07. The smallest absolute Gasteiger partial charge is 0.129 e. The second-order valence-electron chi connectivity index (χ2n) is 4.86. The summed E-state index contributed by atoms with van der Waals surface area (Å²) in [5.41, 5.74) is 3.36. The Morgan fingerprint density at radius 1 is 1.24 bits per heavy atom. The minimum Gasteiger partial charge on any atom is -0.378 e. The average Bonchev–Trinajstić information content (AvgIpc) is 2.92. The highest BCUT2D eigenvalue weighted by Crippen LogP contribution is 2.18. The van der Waals surface area contributed by atoms with Crippen LogP contribution in [-0.4, -0.2) is 28.6 Å². The summed E-state index contributed by atoms with van der Waals surface area (Å²) in [4.78, 5) is 11.7. The van der Waals surface area contributed by atoms with Gasteiger partial charge in [0.25, 0.3) is 0 Å². The van der Waals surface area contributed by atoms with Crippen molar-refractivity contribution in [2.24, 2.45) is 0 Å². The number of anilines is 1. The molecule has 0 fully saturated rings. The van der Waals surface area contributed by atoms with Gasteiger partial charge in [-0.1, -0.05) is 18.2 Å². The van der Waals surface area contributed by atoms with Crippen molar-refractivity contribution in [3.05, 3.63) is 54.1 Å². The van der Waals surface area contributed by atoms with Crippen LogP contribution in [0, 0.1) is 0 Å². The molecule has 0 aliphatic carbocycles. The lowest BCUT2D eigenvalue weighted by Gasteiger charge is -2.06. The van der Waals surface area contributed by atoms with Gasteiger partial charge in [0.15, 0.2) is 0 Å². The van der Waals surface area contributed by atoms with Gasteiger partial charge in [0, 0.05) is 36.8 Å². The highest BCUT2D eigenvalue weighted by atomic mass is 16.5. The summed E-state index contributed by atoms with van der Waals surface area (Å²) in [6, 6.07) is 10.3. The molecule has 0 atom stereocenters. The van der Waals surface area contributed by atoms with E-state index in [-0.39, 0.29) is 0 Å². The summed E-state index contributed by atoms with van der Waals surface area (Å²) in [7, 11) is 1.66. The van der Waals surface area contributed by atoms with Gasteiger partial charge in [-0.25, -0.2) is 9.97 Å². The van der Waals surface area contributed by atoms with Crippen molar-refractivity contribution in [2.75, 3.05) is 19.0 Å². The Bertz CT molecular complexity index is 723. The lowest BCUT2D eigenvalue weighted by atomic mass is 10.1. The van der Waals surface area contributed by atoms with Crippen molar-refractivity contribution in [2.45, 2.75) is 13.0 Å². The molecule has 5 heteroatoms. The van der Waals surface area contributed by atoms with Crippen LogP contribution in [-0.2, 0) is 17.8 Å². The van der Waals surface area contributed by atoms with E-state index in [9.17, 15) is 0 Å². The van der Waals surface area contributed by atoms with Crippen molar-refractivity contribution >= 4 is 16.7 Å². The third-order valence-electron chi connectivity index (χ3n) is 3.39. The van der Waals surface area contributed by atoms with Crippen LogP contribution in [0.5, 0.6) is 0 Å². The van der Waals surface area contributed by atoms with E-state index in [0.717, 1.165) is 24.5 Å². The first-order valence-electron chi connectivity index (χ1n) is 6.95. The van der Waals surface area contributed by atoms with E-state index in [1.807, 2.05) is 12.1 Å². The molecule has 0 aliphatic heterocycles. The van der Waals surface area contributed by atoms with E-state index < -0.39 is 0 Å². The highest BCUT2D eigenvalue weighted by Gasteiger charge is 2.03. The summed E-state index contributed by atoms with van der Waals surface area (Å²) in [5.74, 6) is 0.830. The predicted octanol–water partition coefficient (Wildman–Crippen LogP) is 2.76. The molecular formula is C16H18N4O. The van der Waals surface area contributed by atoms with Gasteiger partial charge in [-0.15, -0.1) is 0 Å². The van der Waals surface area contributed by atoms with E-state index >= 15 is 0 Å². The number of aromatic nitrogens is 3. The molecule has 2 N–H and O–H groups in total. The topological polar surface area (TPSA) is 62.8 Å². The number of hydrogen-bond donors (Lipinski definition) is 2. The number of nitrogens with zero attached hydrogens (tertiary/aromatic N) is 2. The first kappa shape index (κ1) is 13.6. The van der Waals surface area contributed by atoms with Gasteiger partial charge < -0.3 is 15.0 Å². The third-order valence-corrected chi connectivity index (χ3v) is 3.39. The van der Waals surface area contributed by atoms with E-state index in [0.29, 0.717) is 6.61 Å². The second-order valence-corrected chi connectivity index (χ2v) is 4.86. The standard InChI is InChI=1S/C16H18N4O/c1-21-10-13-8-16(20-11-19-13)17-7-6-12-9-18-15-5-3-2-4-14(12)15/h2-5,8-9,11,18H,6-7,10H2,1H3,(H,17,19,20). The summed E-state index contributed by atoms with van der Waals surface area (Å²) in [5, 5.41) is 4.61. The molecule has 0 spiro atoms. The van der Waals surface area contributed by atoms with E-state index in [2.05, 4.69) is 44.7 Å². The summed E-state index contributed by atoms with van der Waals surface area (Å²) in [6.07, 6.45) is 4.57. The summed E-state index contributed by atoms with van der Waals surface area (Å²) >= 11 is 0. The number of fused-ring (bicyclic) bond motifs is 1. The Labute approximate surface area is 123 Å². The molecule has 5 nitrogen and oxygen atoms in total. The number of ether oxygens (including phenoxy) is 1. The molecule has 21 heavy (non-hydrogen) atoms. The second kappa shape index (κ2) is 6.37. The first-order valence-corrected chi connectivity index (χ1v) is 6.95. The van der Waals surface area contributed by atoms with Gasteiger partial charge in [0.1, 0.15) is 12.1 Å². The van der Waals surface area contributed by atoms with Gasteiger partial charge >= 0.3 is 0 Å². The predicted molar refractivity (Wildman–Crippen MR) is 83.2 cm³/mol. The zero-order valence-corrected chi connectivity index (χ0v) is 12.0. The normalized spacial score (nSPS) is 10.9. The molecule has 0 unspecified atom stereocenters. The van der Waals surface area contributed by atoms with Gasteiger partial charge in [-0.2, -0.15) is 0 Å². The zero-order valence-electron chi connectivity index (χ0n) is 12.0. The Morgan fingerprint density at radius 3 is 3.05 bits per heavy atom. The van der Waals surface area contributed by atoms with Crippen molar-refractivity contribution in [1.29, 1.82) is 0 Å². The van der Waals surface area contributed by atoms with Crippen LogP contribution < -0.4 is 5.32 Å². The van der Waals surface area contributed by atoms with Crippen LogP contribution in [0.2, 0.25) is 0 Å². The zero-order chi connectivity index (χ0) is 14.5. The summed E-state index contributed by atoms with van der Waals surface area (Å²) < 4.78 is 5.07. The lowest BCUT2D eigenvalue weighted by molar-refractivity contribution is 0.181. The van der Waals surface area contributed by atoms with Gasteiger partial charge in [-0.05, 0) is 18.1 Å². The fourth-order valence-electron chi connectivity index (χ4n) is 2.38. The third kappa shape index (κ3) is 3.20. The number of nitrogens with one attached hydrogen (secondary N) is 2. The Morgan fingerprint density at radius 2 is 2.14 bits per heavy atom. The fourth-order valence-corrected chi connectivity index (χ4v) is 2.38. The number of H-pyrrole nitrogens is 1. The van der Waals surface area contributed by atoms with Gasteiger partial charge in [0.2, 0.25) is 0 Å².